The van der Waals surface area contributed by atoms with E-state index < -0.39 is 0 Å². The molecule has 0 saturated heterocycles. The van der Waals surface area contributed by atoms with Crippen LogP contribution in [0.15, 0.2) is 48.5 Å². The van der Waals surface area contributed by atoms with Crippen LogP contribution >= 0.6 is 0 Å². The van der Waals surface area contributed by atoms with Gasteiger partial charge in [0.25, 0.3) is 0 Å². The van der Waals surface area contributed by atoms with Crippen molar-refractivity contribution >= 4 is 11.0 Å². The number of hydrogen-bond donors (Lipinski definition) is 1. The Morgan fingerprint density at radius 2 is 1.88 bits per heavy atom. The predicted octanol–water partition coefficient (Wildman–Crippen LogP) is 3.05. The van der Waals surface area contributed by atoms with Gasteiger partial charge in [0.2, 0.25) is 0 Å². The summed E-state index contributed by atoms with van der Waals surface area (Å²) in [5.74, 6) is 1.04. The summed E-state index contributed by atoms with van der Waals surface area (Å²) >= 11 is 0. The largest absolute Gasteiger partial charge is 0.341 e. The number of H-pyrrole nitrogens is 1. The van der Waals surface area contributed by atoms with E-state index >= 15 is 0 Å². The first-order valence-corrected chi connectivity index (χ1v) is 8.58. The average molecular weight is 320 g/mol. The van der Waals surface area contributed by atoms with Gasteiger partial charge in [-0.2, -0.15) is 0 Å². The highest BCUT2D eigenvalue weighted by atomic mass is 15.2. The Kier molecular flexibility index (Phi) is 4.08. The maximum atomic E-state index is 4.69. The third kappa shape index (κ3) is 3.07. The molecule has 4 nitrogen and oxygen atoms in total. The van der Waals surface area contributed by atoms with E-state index in [0.29, 0.717) is 6.04 Å². The van der Waals surface area contributed by atoms with E-state index in [-0.39, 0.29) is 0 Å². The number of fused-ring (bicyclic) bond motifs is 2. The van der Waals surface area contributed by atoms with Gasteiger partial charge in [0.15, 0.2) is 0 Å². The summed E-state index contributed by atoms with van der Waals surface area (Å²) in [5.41, 5.74) is 5.13. The second-order valence-corrected chi connectivity index (χ2v) is 6.94. The summed E-state index contributed by atoms with van der Waals surface area (Å²) in [6.07, 6.45) is 1.12. The number of rotatable bonds is 4. The quantitative estimate of drug-likeness (QED) is 0.802. The number of hydrogen-bond acceptors (Lipinski definition) is 3. The fourth-order valence-corrected chi connectivity index (χ4v) is 3.68. The minimum Gasteiger partial charge on any atom is -0.341 e. The smallest absolute Gasteiger partial charge is 0.121 e. The zero-order valence-corrected chi connectivity index (χ0v) is 14.4. The van der Waals surface area contributed by atoms with Gasteiger partial charge < -0.3 is 4.98 Å². The van der Waals surface area contributed by atoms with E-state index in [1.54, 1.807) is 0 Å². The average Bonchev–Trinajstić information content (AvgIpc) is 2.97. The number of para-hydroxylation sites is 2. The maximum absolute atomic E-state index is 4.69. The maximum Gasteiger partial charge on any atom is 0.121 e. The van der Waals surface area contributed by atoms with Crippen molar-refractivity contribution in [1.82, 2.24) is 19.8 Å². The summed E-state index contributed by atoms with van der Waals surface area (Å²) in [4.78, 5) is 13.0. The molecule has 1 aliphatic heterocycles. The standard InChI is InChI=1S/C20H24N4/c1-23(14-20-21-18-9-5-6-10-19(18)22-20)13-17-11-15-7-3-4-8-16(15)12-24(17)2/h3-10,17H,11-14H2,1-2H3,(H,21,22). The van der Waals surface area contributed by atoms with Gasteiger partial charge in [-0.3, -0.25) is 9.80 Å². The van der Waals surface area contributed by atoms with Gasteiger partial charge in [-0.05, 0) is 43.8 Å². The van der Waals surface area contributed by atoms with Gasteiger partial charge in [-0.1, -0.05) is 36.4 Å². The molecule has 0 saturated carbocycles. The molecule has 4 heteroatoms. The van der Waals surface area contributed by atoms with Gasteiger partial charge in [-0.25, -0.2) is 4.98 Å². The lowest BCUT2D eigenvalue weighted by Gasteiger charge is -2.36. The van der Waals surface area contributed by atoms with Crippen LogP contribution in [0.2, 0.25) is 0 Å². The molecule has 1 aromatic heterocycles. The molecule has 1 N–H and O–H groups in total. The molecule has 0 radical (unpaired) electrons. The van der Waals surface area contributed by atoms with E-state index in [2.05, 4.69) is 70.3 Å². The number of imidazole rings is 1. The summed E-state index contributed by atoms with van der Waals surface area (Å²) in [6, 6.07) is 17.6. The van der Waals surface area contributed by atoms with Crippen LogP contribution in [0.25, 0.3) is 11.0 Å². The van der Waals surface area contributed by atoms with Crippen molar-refractivity contribution < 1.29 is 0 Å². The lowest BCUT2D eigenvalue weighted by atomic mass is 9.94. The zero-order valence-electron chi connectivity index (χ0n) is 14.4. The number of aromatic amines is 1. The van der Waals surface area contributed by atoms with Crippen LogP contribution in [0, 0.1) is 0 Å². The molecule has 24 heavy (non-hydrogen) atoms. The Bertz CT molecular complexity index is 805. The number of nitrogens with one attached hydrogen (secondary N) is 1. The van der Waals surface area contributed by atoms with Crippen LogP contribution in [0.3, 0.4) is 0 Å². The van der Waals surface area contributed by atoms with Crippen molar-refractivity contribution in [3.05, 3.63) is 65.5 Å². The Hall–Kier alpha value is -2.17. The Morgan fingerprint density at radius 1 is 1.12 bits per heavy atom. The first-order valence-electron chi connectivity index (χ1n) is 8.58. The highest BCUT2D eigenvalue weighted by molar-refractivity contribution is 5.74. The lowest BCUT2D eigenvalue weighted by Crippen LogP contribution is -2.44. The molecule has 0 fully saturated rings. The zero-order chi connectivity index (χ0) is 16.5. The molecule has 124 valence electrons. The van der Waals surface area contributed by atoms with Crippen LogP contribution in [0.1, 0.15) is 17.0 Å². The van der Waals surface area contributed by atoms with Crippen molar-refractivity contribution in [3.63, 3.8) is 0 Å². The number of likely N-dealkylation sites (N-methyl/N-ethyl adjacent to an activating group) is 2. The van der Waals surface area contributed by atoms with Crippen LogP contribution in [0.4, 0.5) is 0 Å². The third-order valence-corrected chi connectivity index (χ3v) is 5.00. The monoisotopic (exact) mass is 320 g/mol. The van der Waals surface area contributed by atoms with Gasteiger partial charge in [-0.15, -0.1) is 0 Å². The lowest BCUT2D eigenvalue weighted by molar-refractivity contribution is 0.157. The summed E-state index contributed by atoms with van der Waals surface area (Å²) in [6.45, 7) is 2.93. The number of aromatic nitrogens is 2. The van der Waals surface area contributed by atoms with Gasteiger partial charge in [0.05, 0.1) is 17.6 Å². The Balaban J connectivity index is 1.43. The number of nitrogens with zero attached hydrogens (tertiary/aromatic N) is 3. The normalized spacial score (nSPS) is 18.2. The van der Waals surface area contributed by atoms with Gasteiger partial charge in [0.1, 0.15) is 5.82 Å². The minimum atomic E-state index is 0.550. The molecule has 0 amide bonds. The van der Waals surface area contributed by atoms with E-state index in [4.69, 9.17) is 0 Å². The molecule has 1 unspecified atom stereocenters. The molecule has 0 spiro atoms. The van der Waals surface area contributed by atoms with Gasteiger partial charge >= 0.3 is 0 Å². The van der Waals surface area contributed by atoms with Crippen LogP contribution in [-0.2, 0) is 19.5 Å². The molecule has 1 atom stereocenters. The molecule has 1 aliphatic rings. The second-order valence-electron chi connectivity index (χ2n) is 6.94. The second kappa shape index (κ2) is 6.38. The van der Waals surface area contributed by atoms with Crippen molar-refractivity contribution in [2.24, 2.45) is 0 Å². The first kappa shape index (κ1) is 15.4. The Labute approximate surface area is 143 Å². The molecule has 3 aromatic rings. The van der Waals surface area contributed by atoms with Crippen molar-refractivity contribution in [2.75, 3.05) is 20.6 Å². The highest BCUT2D eigenvalue weighted by Gasteiger charge is 2.24. The van der Waals surface area contributed by atoms with Crippen LogP contribution in [-0.4, -0.2) is 46.4 Å². The van der Waals surface area contributed by atoms with Crippen LogP contribution < -0.4 is 0 Å². The highest BCUT2D eigenvalue weighted by Crippen LogP contribution is 2.22. The topological polar surface area (TPSA) is 35.2 Å². The fourth-order valence-electron chi connectivity index (χ4n) is 3.68. The molecule has 2 aromatic carbocycles. The third-order valence-electron chi connectivity index (χ3n) is 5.00. The summed E-state index contributed by atoms with van der Waals surface area (Å²) in [5, 5.41) is 0. The fraction of sp³-hybridized carbons (Fsp3) is 0.350. The molecular formula is C20H24N4. The van der Waals surface area contributed by atoms with Crippen molar-refractivity contribution in [3.8, 4) is 0 Å². The SMILES string of the molecule is CN(Cc1nc2ccccc2[nH]1)CC1Cc2ccccc2CN1C. The molecule has 0 bridgehead atoms. The van der Waals surface area contributed by atoms with Crippen LogP contribution in [0.5, 0.6) is 0 Å². The molecule has 2 heterocycles. The van der Waals surface area contributed by atoms with Crippen molar-refractivity contribution in [1.29, 1.82) is 0 Å². The molecule has 0 aliphatic carbocycles. The summed E-state index contributed by atoms with van der Waals surface area (Å²) < 4.78 is 0. The number of benzene rings is 2. The van der Waals surface area contributed by atoms with E-state index in [1.807, 2.05) is 12.1 Å². The first-order chi connectivity index (χ1) is 11.7. The van der Waals surface area contributed by atoms with Crippen molar-refractivity contribution in [2.45, 2.75) is 25.6 Å². The van der Waals surface area contributed by atoms with E-state index in [0.717, 1.165) is 42.9 Å². The van der Waals surface area contributed by atoms with Gasteiger partial charge in [0, 0.05) is 19.1 Å². The Morgan fingerprint density at radius 3 is 2.71 bits per heavy atom. The predicted molar refractivity (Wildman–Crippen MR) is 97.8 cm³/mol. The summed E-state index contributed by atoms with van der Waals surface area (Å²) in [7, 11) is 4.41. The minimum absolute atomic E-state index is 0.550. The van der Waals surface area contributed by atoms with E-state index in [9.17, 15) is 0 Å². The molecule has 4 rings (SSSR count). The molecular weight excluding hydrogens is 296 g/mol. The van der Waals surface area contributed by atoms with E-state index in [1.165, 1.54) is 11.1 Å².